The number of piperazine rings is 1. The fourth-order valence-corrected chi connectivity index (χ4v) is 3.92. The fraction of sp³-hybridized carbons (Fsp3) is 0.350. The third-order valence-corrected chi connectivity index (χ3v) is 5.33. The zero-order valence-electron chi connectivity index (χ0n) is 14.6. The zero-order chi connectivity index (χ0) is 18.1. The lowest BCUT2D eigenvalue weighted by Crippen LogP contribution is -2.49. The van der Waals surface area contributed by atoms with Gasteiger partial charge in [0.2, 0.25) is 0 Å². The molecule has 0 spiro atoms. The first-order chi connectivity index (χ1) is 12.6. The van der Waals surface area contributed by atoms with E-state index in [0.29, 0.717) is 31.9 Å². The number of para-hydroxylation sites is 2. The second-order valence-corrected chi connectivity index (χ2v) is 6.86. The lowest BCUT2D eigenvalue weighted by atomic mass is 10.1. The van der Waals surface area contributed by atoms with E-state index in [-0.39, 0.29) is 16.5 Å². The van der Waals surface area contributed by atoms with E-state index in [0.717, 1.165) is 18.4 Å². The van der Waals surface area contributed by atoms with Gasteiger partial charge in [-0.15, -0.1) is 0 Å². The van der Waals surface area contributed by atoms with Gasteiger partial charge in [-0.3, -0.25) is 14.9 Å². The highest BCUT2D eigenvalue weighted by molar-refractivity contribution is 5.94. The van der Waals surface area contributed by atoms with Gasteiger partial charge in [0.05, 0.1) is 4.92 Å². The lowest BCUT2D eigenvalue weighted by molar-refractivity contribution is -0.384. The molecule has 6 nitrogen and oxygen atoms in total. The van der Waals surface area contributed by atoms with Gasteiger partial charge in [0.1, 0.15) is 5.69 Å². The highest BCUT2D eigenvalue weighted by Crippen LogP contribution is 2.29. The number of carbonyl (C=O) groups is 1. The number of nitro groups is 1. The van der Waals surface area contributed by atoms with Crippen LogP contribution in [0.5, 0.6) is 0 Å². The molecule has 1 heterocycles. The first kappa shape index (κ1) is 16.6. The molecule has 0 saturated carbocycles. The number of hydrogen-bond donors (Lipinski definition) is 0. The number of nitrogens with zero attached hydrogens (tertiary/aromatic N) is 3. The SMILES string of the molecule is O=C(c1ccc2c(c1)CCC2)N1CCN(c2ccccc2[N+](=O)[O-])CC1. The average molecular weight is 351 g/mol. The summed E-state index contributed by atoms with van der Waals surface area (Å²) >= 11 is 0. The van der Waals surface area contributed by atoms with Gasteiger partial charge in [-0.05, 0) is 48.6 Å². The normalized spacial score (nSPS) is 16.5. The molecule has 0 unspecified atom stereocenters. The molecule has 1 aliphatic carbocycles. The first-order valence-electron chi connectivity index (χ1n) is 9.03. The number of carbonyl (C=O) groups excluding carboxylic acids is 1. The van der Waals surface area contributed by atoms with E-state index >= 15 is 0 Å². The van der Waals surface area contributed by atoms with Crippen molar-refractivity contribution in [3.8, 4) is 0 Å². The van der Waals surface area contributed by atoms with Gasteiger partial charge < -0.3 is 9.80 Å². The fourth-order valence-electron chi connectivity index (χ4n) is 3.92. The molecule has 1 saturated heterocycles. The number of nitro benzene ring substituents is 1. The minimum Gasteiger partial charge on any atom is -0.362 e. The summed E-state index contributed by atoms with van der Waals surface area (Å²) in [6.07, 6.45) is 3.34. The maximum Gasteiger partial charge on any atom is 0.292 e. The summed E-state index contributed by atoms with van der Waals surface area (Å²) in [6.45, 7) is 2.34. The molecule has 1 amide bonds. The first-order valence-corrected chi connectivity index (χ1v) is 9.03. The predicted molar refractivity (Wildman–Crippen MR) is 99.7 cm³/mol. The molecule has 2 aromatic rings. The molecule has 0 radical (unpaired) electrons. The Morgan fingerprint density at radius 2 is 1.69 bits per heavy atom. The molecule has 0 aromatic heterocycles. The summed E-state index contributed by atoms with van der Waals surface area (Å²) in [6, 6.07) is 12.8. The summed E-state index contributed by atoms with van der Waals surface area (Å²) in [5.74, 6) is 0.0573. The van der Waals surface area contributed by atoms with E-state index in [1.807, 2.05) is 28.0 Å². The van der Waals surface area contributed by atoms with Gasteiger partial charge >= 0.3 is 0 Å². The molecule has 26 heavy (non-hydrogen) atoms. The Kier molecular flexibility index (Phi) is 4.32. The topological polar surface area (TPSA) is 66.7 Å². The van der Waals surface area contributed by atoms with Crippen LogP contribution in [0.3, 0.4) is 0 Å². The van der Waals surface area contributed by atoms with Gasteiger partial charge in [0.15, 0.2) is 0 Å². The summed E-state index contributed by atoms with van der Waals surface area (Å²) in [5, 5.41) is 11.2. The molecule has 134 valence electrons. The number of rotatable bonds is 3. The van der Waals surface area contributed by atoms with Crippen molar-refractivity contribution >= 4 is 17.3 Å². The molecule has 1 aliphatic heterocycles. The van der Waals surface area contributed by atoms with Crippen molar-refractivity contribution in [2.45, 2.75) is 19.3 Å². The summed E-state index contributed by atoms with van der Waals surface area (Å²) in [5.41, 5.74) is 4.16. The lowest BCUT2D eigenvalue weighted by Gasteiger charge is -2.35. The van der Waals surface area contributed by atoms with E-state index in [1.165, 1.54) is 23.6 Å². The Bertz CT molecular complexity index is 857. The third kappa shape index (κ3) is 3.03. The molecule has 2 aromatic carbocycles. The van der Waals surface area contributed by atoms with Crippen molar-refractivity contribution in [1.29, 1.82) is 0 Å². The number of amides is 1. The van der Waals surface area contributed by atoms with Crippen molar-refractivity contribution in [3.05, 3.63) is 69.3 Å². The number of anilines is 1. The largest absolute Gasteiger partial charge is 0.362 e. The number of hydrogen-bond acceptors (Lipinski definition) is 4. The van der Waals surface area contributed by atoms with Crippen molar-refractivity contribution < 1.29 is 9.72 Å². The van der Waals surface area contributed by atoms with Gasteiger partial charge in [-0.1, -0.05) is 18.2 Å². The number of fused-ring (bicyclic) bond motifs is 1. The number of benzene rings is 2. The van der Waals surface area contributed by atoms with Crippen LogP contribution in [-0.4, -0.2) is 41.9 Å². The van der Waals surface area contributed by atoms with Gasteiger partial charge in [-0.2, -0.15) is 0 Å². The molecule has 1 fully saturated rings. The predicted octanol–water partition coefficient (Wildman–Crippen LogP) is 3.05. The molecule has 0 atom stereocenters. The maximum atomic E-state index is 12.8. The van der Waals surface area contributed by atoms with Crippen LogP contribution < -0.4 is 4.90 Å². The Hall–Kier alpha value is -2.89. The van der Waals surface area contributed by atoms with E-state index in [1.54, 1.807) is 12.1 Å². The quantitative estimate of drug-likeness (QED) is 0.630. The standard InChI is InChI=1S/C20H21N3O3/c24-20(17-9-8-15-4-3-5-16(15)14-17)22-12-10-21(11-13-22)18-6-1-2-7-19(18)23(25)26/h1-2,6-9,14H,3-5,10-13H2. The smallest absolute Gasteiger partial charge is 0.292 e. The molecular formula is C20H21N3O3. The minimum absolute atomic E-state index is 0.0573. The number of aryl methyl sites for hydroxylation is 2. The van der Waals surface area contributed by atoms with Gasteiger partial charge in [-0.25, -0.2) is 0 Å². The van der Waals surface area contributed by atoms with Crippen LogP contribution in [0.15, 0.2) is 42.5 Å². The van der Waals surface area contributed by atoms with E-state index in [4.69, 9.17) is 0 Å². The summed E-state index contributed by atoms with van der Waals surface area (Å²) in [4.78, 5) is 27.5. The van der Waals surface area contributed by atoms with Crippen LogP contribution in [0.25, 0.3) is 0 Å². The summed E-state index contributed by atoms with van der Waals surface area (Å²) in [7, 11) is 0. The molecular weight excluding hydrogens is 330 g/mol. The third-order valence-electron chi connectivity index (χ3n) is 5.33. The Balaban J connectivity index is 1.45. The zero-order valence-corrected chi connectivity index (χ0v) is 14.6. The molecule has 0 bridgehead atoms. The Morgan fingerprint density at radius 1 is 0.962 bits per heavy atom. The van der Waals surface area contributed by atoms with Crippen molar-refractivity contribution in [2.24, 2.45) is 0 Å². The maximum absolute atomic E-state index is 12.8. The second-order valence-electron chi connectivity index (χ2n) is 6.86. The summed E-state index contributed by atoms with van der Waals surface area (Å²) < 4.78 is 0. The molecule has 2 aliphatic rings. The van der Waals surface area contributed by atoms with Crippen LogP contribution >= 0.6 is 0 Å². The highest BCUT2D eigenvalue weighted by Gasteiger charge is 2.26. The van der Waals surface area contributed by atoms with Crippen LogP contribution in [-0.2, 0) is 12.8 Å². The van der Waals surface area contributed by atoms with E-state index in [9.17, 15) is 14.9 Å². The van der Waals surface area contributed by atoms with Crippen molar-refractivity contribution in [2.75, 3.05) is 31.1 Å². The molecule has 0 N–H and O–H groups in total. The van der Waals surface area contributed by atoms with Crippen LogP contribution in [0.4, 0.5) is 11.4 Å². The van der Waals surface area contributed by atoms with E-state index in [2.05, 4.69) is 6.07 Å². The second kappa shape index (κ2) is 6.78. The molecule has 6 heteroatoms. The van der Waals surface area contributed by atoms with Crippen molar-refractivity contribution in [1.82, 2.24) is 4.90 Å². The average Bonchev–Trinajstić information content (AvgIpc) is 3.15. The van der Waals surface area contributed by atoms with Gasteiger partial charge in [0.25, 0.3) is 11.6 Å². The van der Waals surface area contributed by atoms with Gasteiger partial charge in [0, 0.05) is 37.8 Å². The highest BCUT2D eigenvalue weighted by atomic mass is 16.6. The van der Waals surface area contributed by atoms with Crippen molar-refractivity contribution in [3.63, 3.8) is 0 Å². The van der Waals surface area contributed by atoms with Crippen LogP contribution in [0, 0.1) is 10.1 Å². The Morgan fingerprint density at radius 3 is 2.46 bits per heavy atom. The van der Waals surface area contributed by atoms with E-state index < -0.39 is 0 Å². The van der Waals surface area contributed by atoms with Crippen LogP contribution in [0.2, 0.25) is 0 Å². The minimum atomic E-state index is -0.350. The Labute approximate surface area is 152 Å². The molecule has 4 rings (SSSR count). The van der Waals surface area contributed by atoms with Crippen LogP contribution in [0.1, 0.15) is 27.9 Å². The monoisotopic (exact) mass is 351 g/mol.